The first-order chi connectivity index (χ1) is 11.4. The van der Waals surface area contributed by atoms with Gasteiger partial charge in [0.1, 0.15) is 6.61 Å². The molecular formula is C17H23NO6. The lowest BCUT2D eigenvalue weighted by Gasteiger charge is -2.26. The van der Waals surface area contributed by atoms with Crippen molar-refractivity contribution in [3.63, 3.8) is 0 Å². The third kappa shape index (κ3) is 3.31. The second-order valence-electron chi connectivity index (χ2n) is 5.95. The van der Waals surface area contributed by atoms with Crippen LogP contribution in [0.15, 0.2) is 18.2 Å². The molecule has 7 nitrogen and oxygen atoms in total. The average Bonchev–Trinajstić information content (AvgIpc) is 2.97. The Kier molecular flexibility index (Phi) is 5.66. The molecule has 1 aromatic carbocycles. The van der Waals surface area contributed by atoms with Crippen molar-refractivity contribution in [2.75, 3.05) is 27.4 Å². The van der Waals surface area contributed by atoms with Crippen LogP contribution in [0.1, 0.15) is 25.3 Å². The minimum absolute atomic E-state index is 0.0603. The fourth-order valence-electron chi connectivity index (χ4n) is 2.74. The summed E-state index contributed by atoms with van der Waals surface area (Å²) in [5, 5.41) is 9.74. The van der Waals surface area contributed by atoms with Gasteiger partial charge in [-0.2, -0.15) is 0 Å². The molecule has 1 fully saturated rings. The number of aliphatic hydroxyl groups is 1. The van der Waals surface area contributed by atoms with Crippen molar-refractivity contribution in [2.45, 2.75) is 25.8 Å². The first kappa shape index (κ1) is 18.1. The van der Waals surface area contributed by atoms with Gasteiger partial charge < -0.3 is 19.3 Å². The summed E-state index contributed by atoms with van der Waals surface area (Å²) in [5.41, 5.74) is 0.544. The van der Waals surface area contributed by atoms with Gasteiger partial charge in [0, 0.05) is 0 Å². The molecule has 1 saturated heterocycles. The molecule has 0 spiro atoms. The third-order valence-corrected chi connectivity index (χ3v) is 4.20. The first-order valence-electron chi connectivity index (χ1n) is 7.77. The lowest BCUT2D eigenvalue weighted by molar-refractivity contribution is -0.132. The van der Waals surface area contributed by atoms with Gasteiger partial charge in [0.25, 0.3) is 0 Å². The summed E-state index contributed by atoms with van der Waals surface area (Å²) < 4.78 is 15.4. The molecule has 1 heterocycles. The molecule has 1 aromatic rings. The standard InChI is InChI=1S/C17H23NO6/c1-10(2)13-9-24-17(21)18(13)16(20)12(8-19)11-5-6-14(22-3)15(7-11)23-4/h5-7,10,12-13,19H,8-9H2,1-4H3/t12-,13+/m0/s1. The molecule has 0 saturated carbocycles. The van der Waals surface area contributed by atoms with E-state index in [1.807, 2.05) is 13.8 Å². The van der Waals surface area contributed by atoms with E-state index in [-0.39, 0.29) is 18.6 Å². The molecule has 0 aromatic heterocycles. The molecule has 0 aliphatic carbocycles. The fourth-order valence-corrected chi connectivity index (χ4v) is 2.74. The number of hydrogen-bond acceptors (Lipinski definition) is 6. The Bertz CT molecular complexity index is 615. The van der Waals surface area contributed by atoms with Crippen LogP contribution in [0.4, 0.5) is 4.79 Å². The van der Waals surface area contributed by atoms with E-state index >= 15 is 0 Å². The van der Waals surface area contributed by atoms with Gasteiger partial charge in [0.05, 0.1) is 32.8 Å². The van der Waals surface area contributed by atoms with Gasteiger partial charge in [-0.25, -0.2) is 9.69 Å². The highest BCUT2D eigenvalue weighted by Gasteiger charge is 2.42. The maximum atomic E-state index is 12.8. The molecule has 0 unspecified atom stereocenters. The topological polar surface area (TPSA) is 85.3 Å². The summed E-state index contributed by atoms with van der Waals surface area (Å²) in [5.74, 6) is -0.329. The van der Waals surface area contributed by atoms with E-state index in [0.717, 1.165) is 4.90 Å². The number of hydrogen-bond donors (Lipinski definition) is 1. The SMILES string of the molecule is COc1ccc([C@H](CO)C(=O)N2C(=O)OC[C@@H]2C(C)C)cc1OC. The summed E-state index contributed by atoms with van der Waals surface area (Å²) in [7, 11) is 3.00. The van der Waals surface area contributed by atoms with E-state index in [4.69, 9.17) is 14.2 Å². The normalized spacial score (nSPS) is 18.5. The van der Waals surface area contributed by atoms with Gasteiger partial charge in [-0.05, 0) is 23.6 Å². The van der Waals surface area contributed by atoms with Crippen molar-refractivity contribution >= 4 is 12.0 Å². The van der Waals surface area contributed by atoms with Gasteiger partial charge >= 0.3 is 6.09 Å². The zero-order valence-electron chi connectivity index (χ0n) is 14.3. The number of carbonyl (C=O) groups excluding carboxylic acids is 2. The summed E-state index contributed by atoms with van der Waals surface area (Å²) in [6.07, 6.45) is -0.669. The van der Waals surface area contributed by atoms with E-state index in [1.54, 1.807) is 18.2 Å². The Morgan fingerprint density at radius 2 is 2.00 bits per heavy atom. The predicted octanol–water partition coefficient (Wildman–Crippen LogP) is 1.78. The Morgan fingerprint density at radius 3 is 2.54 bits per heavy atom. The third-order valence-electron chi connectivity index (χ3n) is 4.20. The highest BCUT2D eigenvalue weighted by molar-refractivity contribution is 5.97. The van der Waals surface area contributed by atoms with Crippen LogP contribution in [-0.4, -0.2) is 55.5 Å². The number of cyclic esters (lactones) is 1. The van der Waals surface area contributed by atoms with Crippen molar-refractivity contribution < 1.29 is 28.9 Å². The molecule has 0 bridgehead atoms. The van der Waals surface area contributed by atoms with Crippen LogP contribution in [0.25, 0.3) is 0 Å². The molecule has 24 heavy (non-hydrogen) atoms. The maximum absolute atomic E-state index is 12.8. The highest BCUT2D eigenvalue weighted by atomic mass is 16.6. The molecule has 7 heteroatoms. The smallest absolute Gasteiger partial charge is 0.417 e. The van der Waals surface area contributed by atoms with E-state index < -0.39 is 24.5 Å². The number of ether oxygens (including phenoxy) is 3. The van der Waals surface area contributed by atoms with Crippen LogP contribution in [-0.2, 0) is 9.53 Å². The fraction of sp³-hybridized carbons (Fsp3) is 0.529. The van der Waals surface area contributed by atoms with Crippen molar-refractivity contribution in [1.82, 2.24) is 4.90 Å². The molecule has 1 aliphatic heterocycles. The molecule has 2 atom stereocenters. The molecule has 0 radical (unpaired) electrons. The summed E-state index contributed by atoms with van der Waals surface area (Å²) in [4.78, 5) is 25.9. The molecule has 132 valence electrons. The molecular weight excluding hydrogens is 314 g/mol. The number of imide groups is 1. The largest absolute Gasteiger partial charge is 0.493 e. The van der Waals surface area contributed by atoms with Gasteiger partial charge in [-0.15, -0.1) is 0 Å². The Morgan fingerprint density at radius 1 is 1.33 bits per heavy atom. The second kappa shape index (κ2) is 7.53. The van der Waals surface area contributed by atoms with E-state index in [1.165, 1.54) is 14.2 Å². The van der Waals surface area contributed by atoms with Gasteiger partial charge in [-0.1, -0.05) is 19.9 Å². The van der Waals surface area contributed by atoms with Crippen LogP contribution in [0.2, 0.25) is 0 Å². The van der Waals surface area contributed by atoms with Gasteiger partial charge in [-0.3, -0.25) is 4.79 Å². The molecule has 2 rings (SSSR count). The predicted molar refractivity (Wildman–Crippen MR) is 86.2 cm³/mol. The lowest BCUT2D eigenvalue weighted by Crippen LogP contribution is -2.44. The average molecular weight is 337 g/mol. The maximum Gasteiger partial charge on any atom is 0.417 e. The van der Waals surface area contributed by atoms with Crippen LogP contribution in [0.3, 0.4) is 0 Å². The van der Waals surface area contributed by atoms with Crippen molar-refractivity contribution in [1.29, 1.82) is 0 Å². The summed E-state index contributed by atoms with van der Waals surface area (Å²) >= 11 is 0. The summed E-state index contributed by atoms with van der Waals surface area (Å²) in [6.45, 7) is 3.57. The van der Waals surface area contributed by atoms with Crippen LogP contribution < -0.4 is 9.47 Å². The van der Waals surface area contributed by atoms with Crippen LogP contribution in [0.5, 0.6) is 11.5 Å². The number of nitrogens with zero attached hydrogens (tertiary/aromatic N) is 1. The van der Waals surface area contributed by atoms with Gasteiger partial charge in [0.15, 0.2) is 11.5 Å². The van der Waals surface area contributed by atoms with Crippen molar-refractivity contribution in [2.24, 2.45) is 5.92 Å². The zero-order chi connectivity index (χ0) is 17.9. The molecule has 2 amide bonds. The number of methoxy groups -OCH3 is 2. The zero-order valence-corrected chi connectivity index (χ0v) is 14.3. The Hall–Kier alpha value is -2.28. The number of aliphatic hydroxyl groups excluding tert-OH is 1. The Balaban J connectivity index is 2.33. The van der Waals surface area contributed by atoms with E-state index in [0.29, 0.717) is 17.1 Å². The minimum Gasteiger partial charge on any atom is -0.493 e. The molecule has 1 aliphatic rings. The number of rotatable bonds is 6. The second-order valence-corrected chi connectivity index (χ2v) is 5.95. The van der Waals surface area contributed by atoms with Crippen molar-refractivity contribution in [3.05, 3.63) is 23.8 Å². The quantitative estimate of drug-likeness (QED) is 0.852. The number of amides is 2. The highest BCUT2D eigenvalue weighted by Crippen LogP contribution is 2.32. The van der Waals surface area contributed by atoms with Gasteiger partial charge in [0.2, 0.25) is 5.91 Å². The minimum atomic E-state index is -0.878. The van der Waals surface area contributed by atoms with E-state index in [9.17, 15) is 14.7 Å². The van der Waals surface area contributed by atoms with Crippen LogP contribution in [0, 0.1) is 5.92 Å². The first-order valence-corrected chi connectivity index (χ1v) is 7.77. The molecule has 1 N–H and O–H groups in total. The monoisotopic (exact) mass is 337 g/mol. The number of benzene rings is 1. The van der Waals surface area contributed by atoms with Crippen LogP contribution >= 0.6 is 0 Å². The van der Waals surface area contributed by atoms with Crippen molar-refractivity contribution in [3.8, 4) is 11.5 Å². The summed E-state index contributed by atoms with van der Waals surface area (Å²) in [6, 6.07) is 4.63. The Labute approximate surface area is 141 Å². The number of carbonyl (C=O) groups is 2. The lowest BCUT2D eigenvalue weighted by atomic mass is 9.96. The van der Waals surface area contributed by atoms with E-state index in [2.05, 4.69) is 0 Å².